The highest BCUT2D eigenvalue weighted by Gasteiger charge is 1.97. The average molecular weight is 92.1 g/mol. The van der Waals surface area contributed by atoms with Crippen molar-refractivity contribution in [1.82, 2.24) is 0 Å². The molecule has 2 nitrogen and oxygen atoms in total. The summed E-state index contributed by atoms with van der Waals surface area (Å²) in [4.78, 5) is 4.41. The molecule has 0 radical (unpaired) electrons. The Bertz CT molecular complexity index is 19.2. The van der Waals surface area contributed by atoms with Gasteiger partial charge >= 0.3 is 0 Å². The first-order valence-electron chi connectivity index (χ1n) is 1.41. The van der Waals surface area contributed by atoms with Gasteiger partial charge in [-0.3, -0.25) is 0 Å². The maximum absolute atomic E-state index is 4.41. The highest BCUT2D eigenvalue weighted by atomic mass is 32.2. The zero-order valence-electron chi connectivity index (χ0n) is 2.64. The molecule has 0 amide bonds. The monoisotopic (exact) mass is 92.0 g/mol. The van der Waals surface area contributed by atoms with Gasteiger partial charge in [-0.2, -0.15) is 4.33 Å². The van der Waals surface area contributed by atoms with Crippen LogP contribution in [0, 0.1) is 0 Å². The van der Waals surface area contributed by atoms with Crippen molar-refractivity contribution in [3.63, 3.8) is 0 Å². The van der Waals surface area contributed by atoms with E-state index in [9.17, 15) is 0 Å². The Balaban J connectivity index is 2.08. The molecule has 1 heterocycles. The molecule has 0 N–H and O–H groups in total. The smallest absolute Gasteiger partial charge is 0.0948 e. The van der Waals surface area contributed by atoms with E-state index in [1.807, 2.05) is 0 Å². The Morgan fingerprint density at radius 2 is 2.60 bits per heavy atom. The van der Waals surface area contributed by atoms with E-state index in [0.29, 0.717) is 0 Å². The van der Waals surface area contributed by atoms with Crippen LogP contribution in [0.25, 0.3) is 0 Å². The molecule has 0 spiro atoms. The van der Waals surface area contributed by atoms with Crippen molar-refractivity contribution >= 4 is 12.0 Å². The van der Waals surface area contributed by atoms with Crippen LogP contribution < -0.4 is 0 Å². The van der Waals surface area contributed by atoms with Crippen LogP contribution >= 0.6 is 12.0 Å². The van der Waals surface area contributed by atoms with Crippen molar-refractivity contribution < 1.29 is 9.22 Å². The summed E-state index contributed by atoms with van der Waals surface area (Å²) in [5, 5.41) is 0. The predicted octanol–water partition coefficient (Wildman–Crippen LogP) is 0.596. The van der Waals surface area contributed by atoms with Gasteiger partial charge in [-0.05, 0) is 0 Å². The molecule has 0 bridgehead atoms. The summed E-state index contributed by atoms with van der Waals surface area (Å²) in [5.41, 5.74) is 0. The highest BCUT2D eigenvalue weighted by Crippen LogP contribution is 2.08. The van der Waals surface area contributed by atoms with Gasteiger partial charge in [-0.1, -0.05) is 0 Å². The normalized spacial score (nSPS) is 24.0. The molecule has 3 heteroatoms. The summed E-state index contributed by atoms with van der Waals surface area (Å²) in [7, 11) is 0. The Hall–Kier alpha value is 0.270. The predicted molar refractivity (Wildman–Crippen MR) is 19.5 cm³/mol. The van der Waals surface area contributed by atoms with Crippen LogP contribution in [0.5, 0.6) is 0 Å². The third-order valence-corrected chi connectivity index (χ3v) is 0.872. The Morgan fingerprint density at radius 1 is 1.60 bits per heavy atom. The third-order valence-electron chi connectivity index (χ3n) is 0.346. The van der Waals surface area contributed by atoms with E-state index in [2.05, 4.69) is 9.22 Å². The molecule has 0 aromatic heterocycles. The molecular formula is C2H4O2S. The average Bonchev–Trinajstić information content (AvgIpc) is 1.76. The van der Waals surface area contributed by atoms with Gasteiger partial charge in [-0.15, -0.1) is 0 Å². The van der Waals surface area contributed by atoms with Crippen LogP contribution in [0.3, 0.4) is 0 Å². The van der Waals surface area contributed by atoms with E-state index in [1.54, 1.807) is 0 Å². The first-order valence-corrected chi connectivity index (χ1v) is 2.32. The largest absolute Gasteiger partial charge is 0.223 e. The zero-order valence-corrected chi connectivity index (χ0v) is 3.46. The van der Waals surface area contributed by atoms with Crippen molar-refractivity contribution in [3.05, 3.63) is 0 Å². The minimum Gasteiger partial charge on any atom is -0.223 e. The van der Waals surface area contributed by atoms with E-state index >= 15 is 0 Å². The second-order valence-electron chi connectivity index (χ2n) is 0.712. The van der Waals surface area contributed by atoms with Crippen molar-refractivity contribution in [2.75, 3.05) is 12.4 Å². The van der Waals surface area contributed by atoms with Gasteiger partial charge in [0.15, 0.2) is 0 Å². The molecule has 30 valence electrons. The molecule has 1 saturated heterocycles. The molecule has 0 aromatic rings. The van der Waals surface area contributed by atoms with Crippen molar-refractivity contribution in [2.24, 2.45) is 0 Å². The molecule has 1 rings (SSSR count). The molecule has 0 aliphatic carbocycles. The Labute approximate surface area is 34.6 Å². The third kappa shape index (κ3) is 0.792. The number of hydrogen-bond donors (Lipinski definition) is 0. The van der Waals surface area contributed by atoms with Crippen molar-refractivity contribution in [2.45, 2.75) is 0 Å². The first kappa shape index (κ1) is 3.46. The van der Waals surface area contributed by atoms with Crippen LogP contribution in [0.15, 0.2) is 0 Å². The fourth-order valence-corrected chi connectivity index (χ4v) is 0.510. The van der Waals surface area contributed by atoms with Crippen LogP contribution in [0.4, 0.5) is 0 Å². The van der Waals surface area contributed by atoms with Gasteiger partial charge < -0.3 is 0 Å². The fraction of sp³-hybridized carbons (Fsp3) is 1.00. The van der Waals surface area contributed by atoms with Crippen LogP contribution in [-0.4, -0.2) is 12.4 Å². The standard InChI is InChI=1S/C2H4O2S/c1-2-5-4-3-1/h1-2H2. The maximum atomic E-state index is 4.41. The maximum Gasteiger partial charge on any atom is 0.0948 e. The second-order valence-corrected chi connectivity index (χ2v) is 1.49. The molecule has 0 saturated carbocycles. The summed E-state index contributed by atoms with van der Waals surface area (Å²) in [6.07, 6.45) is 0. The van der Waals surface area contributed by atoms with Crippen molar-refractivity contribution in [3.8, 4) is 0 Å². The number of hydrogen-bond acceptors (Lipinski definition) is 3. The zero-order chi connectivity index (χ0) is 3.54. The fourth-order valence-electron chi connectivity index (χ4n) is 0.170. The van der Waals surface area contributed by atoms with Gasteiger partial charge in [0, 0.05) is 17.8 Å². The molecule has 0 aromatic carbocycles. The van der Waals surface area contributed by atoms with Gasteiger partial charge in [-0.25, -0.2) is 4.89 Å². The number of rotatable bonds is 0. The van der Waals surface area contributed by atoms with E-state index in [4.69, 9.17) is 0 Å². The topological polar surface area (TPSA) is 18.5 Å². The lowest BCUT2D eigenvalue weighted by Gasteiger charge is -1.75. The van der Waals surface area contributed by atoms with E-state index < -0.39 is 0 Å². The first-order chi connectivity index (χ1) is 2.50. The molecule has 0 unspecified atom stereocenters. The highest BCUT2D eigenvalue weighted by molar-refractivity contribution is 7.94. The van der Waals surface area contributed by atoms with Gasteiger partial charge in [0.2, 0.25) is 0 Å². The van der Waals surface area contributed by atoms with Crippen LogP contribution in [0.2, 0.25) is 0 Å². The summed E-state index contributed by atoms with van der Waals surface area (Å²) >= 11 is 1.35. The lowest BCUT2D eigenvalue weighted by molar-refractivity contribution is -0.168. The quantitative estimate of drug-likeness (QED) is 0.322. The molecule has 5 heavy (non-hydrogen) atoms. The van der Waals surface area contributed by atoms with Gasteiger partial charge in [0.25, 0.3) is 0 Å². The summed E-state index contributed by atoms with van der Waals surface area (Å²) in [5.74, 6) is 0.972. The molecule has 1 fully saturated rings. The van der Waals surface area contributed by atoms with Crippen molar-refractivity contribution in [1.29, 1.82) is 0 Å². The van der Waals surface area contributed by atoms with E-state index in [1.165, 1.54) is 12.0 Å². The van der Waals surface area contributed by atoms with Crippen LogP contribution in [-0.2, 0) is 9.22 Å². The van der Waals surface area contributed by atoms with E-state index in [0.717, 1.165) is 12.4 Å². The van der Waals surface area contributed by atoms with Crippen LogP contribution in [0.1, 0.15) is 0 Å². The minimum atomic E-state index is 0.741. The van der Waals surface area contributed by atoms with E-state index in [-0.39, 0.29) is 0 Å². The van der Waals surface area contributed by atoms with Gasteiger partial charge in [0.1, 0.15) is 0 Å². The summed E-state index contributed by atoms with van der Waals surface area (Å²) in [6.45, 7) is 0.741. The molecular weight excluding hydrogens is 88.1 g/mol. The SMILES string of the molecule is C1CSOO1. The lowest BCUT2D eigenvalue weighted by atomic mass is 10.9. The summed E-state index contributed by atoms with van der Waals surface area (Å²) < 4.78 is 4.36. The van der Waals surface area contributed by atoms with Gasteiger partial charge in [0.05, 0.1) is 6.61 Å². The molecule has 0 atom stereocenters. The molecule has 1 aliphatic heterocycles. The Morgan fingerprint density at radius 3 is 2.80 bits per heavy atom. The molecule has 1 aliphatic rings. The lowest BCUT2D eigenvalue weighted by Crippen LogP contribution is -1.76. The second kappa shape index (κ2) is 1.64. The Kier molecular flexibility index (Phi) is 1.14. The summed E-state index contributed by atoms with van der Waals surface area (Å²) in [6, 6.07) is 0. The minimum absolute atomic E-state index is 0.741.